The van der Waals surface area contributed by atoms with E-state index < -0.39 is 12.0 Å². The molecule has 3 N–H and O–H groups in total. The number of rotatable bonds is 3. The first-order valence-electron chi connectivity index (χ1n) is 5.39. The van der Waals surface area contributed by atoms with Crippen LogP contribution in [0, 0.1) is 0 Å². The van der Waals surface area contributed by atoms with Gasteiger partial charge in [0, 0.05) is 0 Å². The molecule has 0 bridgehead atoms. The summed E-state index contributed by atoms with van der Waals surface area (Å²) in [6.45, 7) is 0. The molecular formula is C9H11NO2. The van der Waals surface area contributed by atoms with Gasteiger partial charge in [-0.2, -0.15) is 0 Å². The van der Waals surface area contributed by atoms with Crippen molar-refractivity contribution >= 4 is 5.97 Å². The Bertz CT molecular complexity index is 410. The zero-order valence-corrected chi connectivity index (χ0v) is 6.29. The van der Waals surface area contributed by atoms with E-state index in [0.29, 0.717) is 0 Å². The molecule has 0 aliphatic heterocycles. The fourth-order valence-corrected chi connectivity index (χ4v) is 0.723. The van der Waals surface area contributed by atoms with Crippen molar-refractivity contribution in [1.29, 1.82) is 0 Å². The third-order valence-electron chi connectivity index (χ3n) is 1.33. The van der Waals surface area contributed by atoms with Crippen molar-refractivity contribution in [3.8, 4) is 0 Å². The number of carbonyl (C=O) groups is 1. The van der Waals surface area contributed by atoms with Crippen LogP contribution in [-0.2, 0) is 11.2 Å². The zero-order valence-electron chi connectivity index (χ0n) is 10.3. The SMILES string of the molecule is [2H]c1cc([2H])c([2H])c(C[C@H](N)C(=O)O)c1[2H]. The summed E-state index contributed by atoms with van der Waals surface area (Å²) in [6, 6.07) is -1.02. The molecule has 0 aliphatic carbocycles. The molecule has 0 aliphatic rings. The number of hydrogen-bond acceptors (Lipinski definition) is 2. The molecule has 1 atom stereocenters. The molecule has 0 heterocycles. The Hall–Kier alpha value is -1.35. The molecular weight excluding hydrogens is 154 g/mol. The maximum absolute atomic E-state index is 10.6. The fourth-order valence-electron chi connectivity index (χ4n) is 0.723. The number of aliphatic carboxylic acids is 1. The van der Waals surface area contributed by atoms with Gasteiger partial charge in [0.1, 0.15) is 6.04 Å². The molecule has 0 spiro atoms. The monoisotopic (exact) mass is 169 g/mol. The zero-order chi connectivity index (χ0) is 12.5. The minimum atomic E-state index is -1.24. The minimum absolute atomic E-state index is 0.0346. The molecule has 0 unspecified atom stereocenters. The maximum Gasteiger partial charge on any atom is 0.320 e. The highest BCUT2D eigenvalue weighted by Crippen LogP contribution is 2.01. The molecule has 64 valence electrons. The standard InChI is InChI=1S/C9H11NO2/c10-8(9(11)12)6-7-4-2-1-3-5-7/h1-5,8H,6,10H2,(H,11,12)/t8-/m0/s1/i2D,3D,4D,5D. The Morgan fingerprint density at radius 3 is 2.75 bits per heavy atom. The van der Waals surface area contributed by atoms with E-state index in [9.17, 15) is 4.79 Å². The summed E-state index contributed by atoms with van der Waals surface area (Å²) in [6.07, 6.45) is -0.217. The van der Waals surface area contributed by atoms with Crippen molar-refractivity contribution in [2.24, 2.45) is 5.73 Å². The Kier molecular flexibility index (Phi) is 1.49. The number of nitrogens with two attached hydrogens (primary N) is 1. The normalized spacial score (nSPS) is 17.1. The summed E-state index contributed by atoms with van der Waals surface area (Å²) in [5.74, 6) is -1.24. The van der Waals surface area contributed by atoms with Gasteiger partial charge in [0.25, 0.3) is 0 Å². The lowest BCUT2D eigenvalue weighted by Gasteiger charge is -2.04. The van der Waals surface area contributed by atoms with Crippen molar-refractivity contribution < 1.29 is 15.4 Å². The van der Waals surface area contributed by atoms with Crippen LogP contribution in [0.15, 0.2) is 30.2 Å². The molecule has 1 aromatic rings. The van der Waals surface area contributed by atoms with Gasteiger partial charge in [-0.1, -0.05) is 30.2 Å². The van der Waals surface area contributed by atoms with Gasteiger partial charge in [-0.15, -0.1) is 0 Å². The van der Waals surface area contributed by atoms with Gasteiger partial charge >= 0.3 is 5.97 Å². The summed E-state index contributed by atoms with van der Waals surface area (Å²) < 4.78 is 29.8. The quantitative estimate of drug-likeness (QED) is 0.698. The second-order valence-corrected chi connectivity index (χ2v) is 2.31. The lowest BCUT2D eigenvalue weighted by atomic mass is 10.1. The van der Waals surface area contributed by atoms with Gasteiger partial charge < -0.3 is 10.8 Å². The van der Waals surface area contributed by atoms with E-state index >= 15 is 0 Å². The Balaban J connectivity index is 3.17. The summed E-state index contributed by atoms with van der Waals surface area (Å²) in [5.41, 5.74) is 5.33. The van der Waals surface area contributed by atoms with Gasteiger partial charge in [-0.05, 0) is 12.0 Å². The average Bonchev–Trinajstić information content (AvgIpc) is 2.21. The molecule has 0 aromatic heterocycles. The van der Waals surface area contributed by atoms with Crippen LogP contribution in [0.1, 0.15) is 11.0 Å². The molecule has 0 radical (unpaired) electrons. The smallest absolute Gasteiger partial charge is 0.320 e. The largest absolute Gasteiger partial charge is 0.480 e. The topological polar surface area (TPSA) is 63.3 Å². The fraction of sp³-hybridized carbons (Fsp3) is 0.222. The van der Waals surface area contributed by atoms with Crippen LogP contribution in [0.5, 0.6) is 0 Å². The van der Waals surface area contributed by atoms with Gasteiger partial charge in [0.05, 0.1) is 5.48 Å². The molecule has 3 heteroatoms. The highest BCUT2D eigenvalue weighted by Gasteiger charge is 2.10. The third kappa shape index (κ3) is 2.36. The van der Waals surface area contributed by atoms with Gasteiger partial charge in [-0.25, -0.2) is 0 Å². The van der Waals surface area contributed by atoms with Crippen molar-refractivity contribution in [2.75, 3.05) is 0 Å². The molecule has 1 rings (SSSR count). The first-order valence-corrected chi connectivity index (χ1v) is 3.39. The van der Waals surface area contributed by atoms with E-state index in [1.807, 2.05) is 0 Å². The molecule has 3 nitrogen and oxygen atoms in total. The van der Waals surface area contributed by atoms with E-state index in [4.69, 9.17) is 16.3 Å². The third-order valence-corrected chi connectivity index (χ3v) is 1.33. The van der Waals surface area contributed by atoms with Crippen LogP contribution in [0.4, 0.5) is 0 Å². The molecule has 0 saturated carbocycles. The number of carboxylic acid groups (broad SMARTS) is 1. The van der Waals surface area contributed by atoms with E-state index in [2.05, 4.69) is 0 Å². The Morgan fingerprint density at radius 2 is 2.25 bits per heavy atom. The van der Waals surface area contributed by atoms with Crippen molar-refractivity contribution in [3.05, 3.63) is 35.8 Å². The van der Waals surface area contributed by atoms with E-state index in [1.54, 1.807) is 0 Å². The van der Waals surface area contributed by atoms with Crippen LogP contribution in [-0.4, -0.2) is 17.1 Å². The summed E-state index contributed by atoms with van der Waals surface area (Å²) in [7, 11) is 0. The predicted octanol–water partition coefficient (Wildman–Crippen LogP) is 0.641. The van der Waals surface area contributed by atoms with E-state index in [-0.39, 0.29) is 36.2 Å². The predicted molar refractivity (Wildman–Crippen MR) is 45.8 cm³/mol. The van der Waals surface area contributed by atoms with Crippen LogP contribution in [0.3, 0.4) is 0 Å². The average molecular weight is 169 g/mol. The first-order chi connectivity index (χ1) is 7.34. The number of carboxylic acids is 1. The number of hydrogen-bond donors (Lipinski definition) is 2. The maximum atomic E-state index is 10.6. The van der Waals surface area contributed by atoms with Crippen LogP contribution >= 0.6 is 0 Å². The van der Waals surface area contributed by atoms with Crippen LogP contribution in [0.2, 0.25) is 0 Å². The molecule has 1 aromatic carbocycles. The van der Waals surface area contributed by atoms with Gasteiger partial charge in [0.2, 0.25) is 0 Å². The second kappa shape index (κ2) is 3.88. The minimum Gasteiger partial charge on any atom is -0.480 e. The lowest BCUT2D eigenvalue weighted by Crippen LogP contribution is -2.32. The Labute approximate surface area is 76.4 Å². The lowest BCUT2D eigenvalue weighted by molar-refractivity contribution is -0.138. The van der Waals surface area contributed by atoms with E-state index in [1.165, 1.54) is 0 Å². The molecule has 0 saturated heterocycles. The van der Waals surface area contributed by atoms with Crippen LogP contribution < -0.4 is 5.73 Å². The molecule has 0 amide bonds. The summed E-state index contributed by atoms with van der Waals surface area (Å²) in [4.78, 5) is 10.6. The summed E-state index contributed by atoms with van der Waals surface area (Å²) >= 11 is 0. The van der Waals surface area contributed by atoms with E-state index in [0.717, 1.165) is 6.07 Å². The molecule has 12 heavy (non-hydrogen) atoms. The molecule has 0 fully saturated rings. The van der Waals surface area contributed by atoms with Gasteiger partial charge in [0.15, 0.2) is 0 Å². The summed E-state index contributed by atoms with van der Waals surface area (Å²) in [5, 5.41) is 8.62. The van der Waals surface area contributed by atoms with Crippen molar-refractivity contribution in [3.63, 3.8) is 0 Å². The number of benzene rings is 1. The highest BCUT2D eigenvalue weighted by molar-refractivity contribution is 5.73. The van der Waals surface area contributed by atoms with Crippen molar-refractivity contribution in [2.45, 2.75) is 12.5 Å². The van der Waals surface area contributed by atoms with Gasteiger partial charge in [-0.3, -0.25) is 4.79 Å². The second-order valence-electron chi connectivity index (χ2n) is 2.31. The van der Waals surface area contributed by atoms with Crippen molar-refractivity contribution in [1.82, 2.24) is 0 Å². The first kappa shape index (κ1) is 4.62. The Morgan fingerprint density at radius 1 is 1.67 bits per heavy atom. The van der Waals surface area contributed by atoms with Crippen LogP contribution in [0.25, 0.3) is 0 Å². The highest BCUT2D eigenvalue weighted by atomic mass is 16.4.